The smallest absolute Gasteiger partial charge is 0.339 e. The highest BCUT2D eigenvalue weighted by Gasteiger charge is 2.15. The van der Waals surface area contributed by atoms with Gasteiger partial charge in [0.15, 0.2) is 30.5 Å². The number of esters is 1. The lowest BCUT2D eigenvalue weighted by Gasteiger charge is -2.07. The number of carbonyl (C=O) groups is 2. The third-order valence-electron chi connectivity index (χ3n) is 3.03. The second-order valence-corrected chi connectivity index (χ2v) is 4.64. The molecule has 1 aliphatic rings. The Morgan fingerprint density at radius 1 is 1.17 bits per heavy atom. The third kappa shape index (κ3) is 3.49. The van der Waals surface area contributed by atoms with Gasteiger partial charge in [-0.05, 0) is 12.1 Å². The van der Waals surface area contributed by atoms with Crippen LogP contribution >= 0.6 is 0 Å². The zero-order valence-corrected chi connectivity index (χ0v) is 11.9. The summed E-state index contributed by atoms with van der Waals surface area (Å²) in [5.41, 5.74) is 0.690. The third-order valence-corrected chi connectivity index (χ3v) is 3.03. The Morgan fingerprint density at radius 2 is 1.91 bits per heavy atom. The van der Waals surface area contributed by atoms with Crippen LogP contribution in [0.1, 0.15) is 10.4 Å². The maximum Gasteiger partial charge on any atom is 0.339 e. The molecule has 0 aliphatic carbocycles. The highest BCUT2D eigenvalue weighted by molar-refractivity contribution is 5.95. The summed E-state index contributed by atoms with van der Waals surface area (Å²) in [5, 5.41) is 13.5. The Morgan fingerprint density at radius 3 is 2.70 bits per heavy atom. The van der Waals surface area contributed by atoms with Gasteiger partial charge in [0.25, 0.3) is 5.91 Å². The van der Waals surface area contributed by atoms with Crippen molar-refractivity contribution in [3.05, 3.63) is 53.5 Å². The summed E-state index contributed by atoms with van der Waals surface area (Å²) in [6.45, 7) is -0.301. The lowest BCUT2D eigenvalue weighted by molar-refractivity contribution is -0.605. The summed E-state index contributed by atoms with van der Waals surface area (Å²) in [6, 6.07) is 7.56. The number of pyridine rings is 1. The molecule has 0 atom stereocenters. The van der Waals surface area contributed by atoms with Crippen molar-refractivity contribution in [3.63, 3.8) is 0 Å². The van der Waals surface area contributed by atoms with Crippen molar-refractivity contribution in [2.24, 2.45) is 0 Å². The van der Waals surface area contributed by atoms with E-state index in [2.05, 4.69) is 5.32 Å². The molecule has 0 saturated heterocycles. The van der Waals surface area contributed by atoms with Gasteiger partial charge in [-0.2, -0.15) is 4.73 Å². The van der Waals surface area contributed by atoms with E-state index in [-0.39, 0.29) is 12.4 Å². The molecule has 8 heteroatoms. The largest absolute Gasteiger partial charge is 0.619 e. The molecular formula is C15H12N2O6. The van der Waals surface area contributed by atoms with E-state index >= 15 is 0 Å². The molecule has 8 nitrogen and oxygen atoms in total. The van der Waals surface area contributed by atoms with Gasteiger partial charge in [-0.25, -0.2) is 4.79 Å². The van der Waals surface area contributed by atoms with E-state index in [9.17, 15) is 14.8 Å². The highest BCUT2D eigenvalue weighted by atomic mass is 16.7. The van der Waals surface area contributed by atoms with Crippen LogP contribution in [0.15, 0.2) is 42.7 Å². The Labute approximate surface area is 130 Å². The number of aromatic nitrogens is 1. The predicted molar refractivity (Wildman–Crippen MR) is 76.9 cm³/mol. The van der Waals surface area contributed by atoms with E-state index in [0.29, 0.717) is 21.9 Å². The van der Waals surface area contributed by atoms with Gasteiger partial charge < -0.3 is 24.7 Å². The maximum atomic E-state index is 11.8. The molecule has 3 rings (SSSR count). The summed E-state index contributed by atoms with van der Waals surface area (Å²) >= 11 is 0. The fourth-order valence-corrected chi connectivity index (χ4v) is 1.93. The van der Waals surface area contributed by atoms with Gasteiger partial charge in [-0.3, -0.25) is 4.79 Å². The number of ether oxygens (including phenoxy) is 3. The van der Waals surface area contributed by atoms with E-state index in [0.717, 1.165) is 0 Å². The molecule has 23 heavy (non-hydrogen) atoms. The molecule has 1 N–H and O–H groups in total. The van der Waals surface area contributed by atoms with E-state index < -0.39 is 18.5 Å². The maximum absolute atomic E-state index is 11.8. The number of fused-ring (bicyclic) bond motifs is 1. The van der Waals surface area contributed by atoms with Crippen molar-refractivity contribution in [1.29, 1.82) is 0 Å². The molecule has 1 aromatic heterocycles. The minimum Gasteiger partial charge on any atom is -0.619 e. The van der Waals surface area contributed by atoms with Gasteiger partial charge in [0.2, 0.25) is 6.79 Å². The monoisotopic (exact) mass is 316 g/mol. The van der Waals surface area contributed by atoms with E-state index in [4.69, 9.17) is 14.2 Å². The molecule has 0 fully saturated rings. The average molecular weight is 316 g/mol. The van der Waals surface area contributed by atoms with Gasteiger partial charge in [-0.1, -0.05) is 0 Å². The summed E-state index contributed by atoms with van der Waals surface area (Å²) in [5.74, 6) is -0.0393. The number of hydrogen-bond donors (Lipinski definition) is 1. The van der Waals surface area contributed by atoms with Crippen LogP contribution in [-0.4, -0.2) is 25.3 Å². The minimum absolute atomic E-state index is 0.144. The van der Waals surface area contributed by atoms with Crippen molar-refractivity contribution in [2.45, 2.75) is 0 Å². The molecule has 2 aromatic rings. The summed E-state index contributed by atoms with van der Waals surface area (Å²) in [4.78, 5) is 23.5. The van der Waals surface area contributed by atoms with Crippen molar-refractivity contribution < 1.29 is 28.5 Å². The van der Waals surface area contributed by atoms with Crippen LogP contribution < -0.4 is 19.5 Å². The normalized spacial score (nSPS) is 11.8. The molecule has 0 bridgehead atoms. The van der Waals surface area contributed by atoms with Crippen LogP contribution in [-0.2, 0) is 9.53 Å². The van der Waals surface area contributed by atoms with Gasteiger partial charge in [0, 0.05) is 23.9 Å². The fourth-order valence-electron chi connectivity index (χ4n) is 1.93. The van der Waals surface area contributed by atoms with E-state index in [1.54, 1.807) is 18.2 Å². The molecule has 0 spiro atoms. The van der Waals surface area contributed by atoms with Crippen LogP contribution in [0.5, 0.6) is 11.5 Å². The number of hydrogen-bond acceptors (Lipinski definition) is 6. The summed E-state index contributed by atoms with van der Waals surface area (Å²) in [7, 11) is 0. The zero-order chi connectivity index (χ0) is 16.2. The molecule has 2 heterocycles. The number of anilines is 1. The quantitative estimate of drug-likeness (QED) is 0.510. The van der Waals surface area contributed by atoms with Crippen LogP contribution in [0.3, 0.4) is 0 Å². The Hall–Kier alpha value is -3.29. The van der Waals surface area contributed by atoms with Gasteiger partial charge in [0.05, 0.1) is 5.56 Å². The first-order valence-corrected chi connectivity index (χ1v) is 6.67. The fraction of sp³-hybridized carbons (Fsp3) is 0.133. The van der Waals surface area contributed by atoms with Crippen molar-refractivity contribution >= 4 is 17.6 Å². The lowest BCUT2D eigenvalue weighted by Crippen LogP contribution is -2.25. The van der Waals surface area contributed by atoms with Crippen LogP contribution in [0.4, 0.5) is 5.69 Å². The number of carbonyl (C=O) groups excluding carboxylic acids is 2. The number of amides is 1. The summed E-state index contributed by atoms with van der Waals surface area (Å²) < 4.78 is 15.8. The summed E-state index contributed by atoms with van der Waals surface area (Å²) in [6.07, 6.45) is 2.34. The molecule has 1 aliphatic heterocycles. The number of benzene rings is 1. The van der Waals surface area contributed by atoms with Crippen LogP contribution in [0.25, 0.3) is 0 Å². The molecule has 1 aromatic carbocycles. The first-order valence-electron chi connectivity index (χ1n) is 6.67. The first kappa shape index (κ1) is 14.6. The van der Waals surface area contributed by atoms with Crippen LogP contribution in [0.2, 0.25) is 0 Å². The van der Waals surface area contributed by atoms with Crippen molar-refractivity contribution in [2.75, 3.05) is 18.7 Å². The second-order valence-electron chi connectivity index (χ2n) is 4.64. The number of rotatable bonds is 4. The number of nitrogens with zero attached hydrogens (tertiary/aromatic N) is 1. The number of nitrogens with one attached hydrogen (secondary N) is 1. The predicted octanol–water partition coefficient (Wildman–Crippen LogP) is 0.844. The standard InChI is InChI=1S/C15H12N2O6/c18-14(8-21-15(19)10-3-5-17(20)6-4-10)16-11-1-2-12-13(7-11)23-9-22-12/h1-7H,8-9H2,(H,16,18). The Balaban J connectivity index is 1.53. The van der Waals surface area contributed by atoms with E-state index in [1.807, 2.05) is 0 Å². The lowest BCUT2D eigenvalue weighted by atomic mass is 10.2. The molecular weight excluding hydrogens is 304 g/mol. The highest BCUT2D eigenvalue weighted by Crippen LogP contribution is 2.34. The van der Waals surface area contributed by atoms with Crippen molar-refractivity contribution in [3.8, 4) is 11.5 Å². The molecule has 0 unspecified atom stereocenters. The van der Waals surface area contributed by atoms with Crippen molar-refractivity contribution in [1.82, 2.24) is 0 Å². The van der Waals surface area contributed by atoms with E-state index in [1.165, 1.54) is 24.5 Å². The minimum atomic E-state index is -0.688. The van der Waals surface area contributed by atoms with Gasteiger partial charge in [0.1, 0.15) is 0 Å². The van der Waals surface area contributed by atoms with Gasteiger partial charge >= 0.3 is 5.97 Å². The molecule has 118 valence electrons. The average Bonchev–Trinajstić information content (AvgIpc) is 3.01. The second kappa shape index (κ2) is 6.22. The Bertz CT molecular complexity index is 744. The SMILES string of the molecule is O=C(COC(=O)c1cc[n+]([O-])cc1)Nc1ccc2c(c1)OCO2. The van der Waals surface area contributed by atoms with Gasteiger partial charge in [-0.15, -0.1) is 0 Å². The Kier molecular flexibility index (Phi) is 3.96. The molecule has 1 amide bonds. The first-order chi connectivity index (χ1) is 11.1. The molecule has 0 saturated carbocycles. The topological polar surface area (TPSA) is 101 Å². The molecule has 0 radical (unpaired) electrons. The van der Waals surface area contributed by atoms with Crippen LogP contribution in [0, 0.1) is 5.21 Å². The zero-order valence-electron chi connectivity index (χ0n) is 11.9.